The standard InChI is InChI=1S/C11H14N2O5S.K/c14-11(18-8-9-4-2-1-3-5-9)12-10-6-7-13(10)19(15,16)17;/h1-5,10H,6-8H2,(H,12,14)(H,15,16,17);/q;+1/p-1. The third-order valence-electron chi connectivity index (χ3n) is 2.75. The summed E-state index contributed by atoms with van der Waals surface area (Å²) in [5.41, 5.74) is 0.819. The van der Waals surface area contributed by atoms with E-state index in [-0.39, 0.29) is 64.5 Å². The summed E-state index contributed by atoms with van der Waals surface area (Å²) in [4.78, 5) is 11.4. The molecule has 0 aliphatic carbocycles. The monoisotopic (exact) mass is 324 g/mol. The zero-order valence-electron chi connectivity index (χ0n) is 11.0. The zero-order chi connectivity index (χ0) is 13.9. The molecule has 7 nitrogen and oxygen atoms in total. The van der Waals surface area contributed by atoms with Gasteiger partial charge in [-0.1, -0.05) is 30.3 Å². The Bertz CT molecular complexity index is 551. The maximum atomic E-state index is 11.4. The maximum absolute atomic E-state index is 11.4. The van der Waals surface area contributed by atoms with Crippen LogP contribution >= 0.6 is 0 Å². The van der Waals surface area contributed by atoms with Crippen molar-refractivity contribution in [3.8, 4) is 0 Å². The van der Waals surface area contributed by atoms with E-state index in [1.54, 1.807) is 12.1 Å². The van der Waals surface area contributed by atoms with Crippen molar-refractivity contribution in [2.75, 3.05) is 6.54 Å². The van der Waals surface area contributed by atoms with Crippen LogP contribution < -0.4 is 56.7 Å². The Morgan fingerprint density at radius 1 is 1.40 bits per heavy atom. The summed E-state index contributed by atoms with van der Waals surface area (Å²) in [5, 5.41) is 2.33. The van der Waals surface area contributed by atoms with Crippen molar-refractivity contribution in [1.29, 1.82) is 0 Å². The van der Waals surface area contributed by atoms with Crippen molar-refractivity contribution in [2.45, 2.75) is 19.2 Å². The molecule has 1 atom stereocenters. The number of benzene rings is 1. The van der Waals surface area contributed by atoms with E-state index in [2.05, 4.69) is 5.32 Å². The minimum atomic E-state index is -4.51. The molecule has 9 heteroatoms. The van der Waals surface area contributed by atoms with Crippen molar-refractivity contribution in [3.05, 3.63) is 35.9 Å². The first kappa shape index (κ1) is 18.0. The number of hydrogen-bond acceptors (Lipinski definition) is 5. The molecule has 0 spiro atoms. The maximum Gasteiger partial charge on any atom is 1.00 e. The molecule has 1 N–H and O–H groups in total. The molecule has 2 rings (SSSR count). The van der Waals surface area contributed by atoms with Gasteiger partial charge in [0, 0.05) is 6.54 Å². The Morgan fingerprint density at radius 2 is 2.05 bits per heavy atom. The van der Waals surface area contributed by atoms with Gasteiger partial charge < -0.3 is 14.6 Å². The molecule has 1 amide bonds. The molecule has 1 unspecified atom stereocenters. The van der Waals surface area contributed by atoms with E-state index in [0.29, 0.717) is 10.7 Å². The van der Waals surface area contributed by atoms with Gasteiger partial charge >= 0.3 is 57.5 Å². The van der Waals surface area contributed by atoms with Gasteiger partial charge in [0.15, 0.2) is 10.3 Å². The summed E-state index contributed by atoms with van der Waals surface area (Å²) in [7, 11) is -4.51. The predicted molar refractivity (Wildman–Crippen MR) is 64.6 cm³/mol. The predicted octanol–water partition coefficient (Wildman–Crippen LogP) is -2.59. The third-order valence-corrected chi connectivity index (χ3v) is 3.77. The van der Waals surface area contributed by atoms with Crippen LogP contribution in [0.1, 0.15) is 12.0 Å². The van der Waals surface area contributed by atoms with Gasteiger partial charge in [0.05, 0.1) is 6.17 Å². The molecule has 0 radical (unpaired) electrons. The number of amides is 1. The Kier molecular flexibility index (Phi) is 7.08. The second-order valence-electron chi connectivity index (χ2n) is 4.08. The first-order valence-electron chi connectivity index (χ1n) is 5.67. The number of hydrogen-bond donors (Lipinski definition) is 1. The number of rotatable bonds is 4. The van der Waals surface area contributed by atoms with E-state index in [4.69, 9.17) is 4.74 Å². The van der Waals surface area contributed by atoms with Crippen LogP contribution in [-0.4, -0.2) is 36.1 Å². The Morgan fingerprint density at radius 3 is 2.55 bits per heavy atom. The zero-order valence-corrected chi connectivity index (χ0v) is 14.9. The molecule has 1 saturated heterocycles. The van der Waals surface area contributed by atoms with E-state index in [9.17, 15) is 17.8 Å². The fraction of sp³-hybridized carbons (Fsp3) is 0.364. The van der Waals surface area contributed by atoms with Crippen molar-refractivity contribution in [3.63, 3.8) is 0 Å². The van der Waals surface area contributed by atoms with Gasteiger partial charge in [-0.25, -0.2) is 13.2 Å². The SMILES string of the molecule is O=C(NC1CCN1S(=O)(=O)[O-])OCc1ccccc1.[K+]. The summed E-state index contributed by atoms with van der Waals surface area (Å²) < 4.78 is 37.9. The number of nitrogens with zero attached hydrogens (tertiary/aromatic N) is 1. The second-order valence-corrected chi connectivity index (χ2v) is 5.40. The van der Waals surface area contributed by atoms with Gasteiger partial charge in [0.25, 0.3) is 0 Å². The molecule has 20 heavy (non-hydrogen) atoms. The summed E-state index contributed by atoms with van der Waals surface area (Å²) in [5.74, 6) is 0. The molecule has 1 heterocycles. The van der Waals surface area contributed by atoms with Crippen LogP contribution in [0.5, 0.6) is 0 Å². The summed E-state index contributed by atoms with van der Waals surface area (Å²) in [6.07, 6.45) is -1.14. The average molecular weight is 324 g/mol. The smallest absolute Gasteiger partial charge is 0.735 e. The van der Waals surface area contributed by atoms with Crippen LogP contribution in [0.25, 0.3) is 0 Å². The Balaban J connectivity index is 0.00000200. The molecule has 1 fully saturated rings. The van der Waals surface area contributed by atoms with Crippen molar-refractivity contribution < 1.29 is 73.9 Å². The second kappa shape index (κ2) is 7.85. The van der Waals surface area contributed by atoms with Gasteiger partial charge in [-0.2, -0.15) is 4.31 Å². The van der Waals surface area contributed by atoms with Gasteiger partial charge in [-0.3, -0.25) is 0 Å². The molecule has 104 valence electrons. The van der Waals surface area contributed by atoms with E-state index >= 15 is 0 Å². The van der Waals surface area contributed by atoms with Gasteiger partial charge in [-0.05, 0) is 12.0 Å². The molecule has 1 aliphatic rings. The fourth-order valence-corrected chi connectivity index (χ4v) is 2.48. The minimum absolute atomic E-state index is 0. The molecular weight excluding hydrogens is 311 g/mol. The fourth-order valence-electron chi connectivity index (χ4n) is 1.68. The molecule has 1 aromatic rings. The number of alkyl carbamates (subject to hydrolysis) is 1. The normalized spacial score (nSPS) is 18.6. The summed E-state index contributed by atoms with van der Waals surface area (Å²) in [6, 6.07) is 9.06. The first-order valence-corrected chi connectivity index (χ1v) is 7.03. The van der Waals surface area contributed by atoms with E-state index < -0.39 is 22.6 Å². The Hall–Kier alpha value is -0.00364. The number of ether oxygens (including phenoxy) is 1. The van der Waals surface area contributed by atoms with Crippen LogP contribution in [0, 0.1) is 0 Å². The molecule has 0 aromatic heterocycles. The van der Waals surface area contributed by atoms with E-state index in [1.165, 1.54) is 0 Å². The van der Waals surface area contributed by atoms with Gasteiger partial charge in [0.2, 0.25) is 0 Å². The molecule has 1 aliphatic heterocycles. The molecule has 0 bridgehead atoms. The number of nitrogens with one attached hydrogen (secondary N) is 1. The van der Waals surface area contributed by atoms with Crippen LogP contribution in [0.4, 0.5) is 4.79 Å². The van der Waals surface area contributed by atoms with Crippen molar-refractivity contribution in [2.24, 2.45) is 0 Å². The van der Waals surface area contributed by atoms with E-state index in [0.717, 1.165) is 5.56 Å². The average Bonchev–Trinajstić information content (AvgIpc) is 2.31. The number of carbonyl (C=O) groups excluding carboxylic acids is 1. The van der Waals surface area contributed by atoms with Gasteiger partial charge in [0.1, 0.15) is 6.61 Å². The van der Waals surface area contributed by atoms with Crippen molar-refractivity contribution >= 4 is 16.4 Å². The van der Waals surface area contributed by atoms with Gasteiger partial charge in [-0.15, -0.1) is 0 Å². The van der Waals surface area contributed by atoms with Crippen molar-refractivity contribution in [1.82, 2.24) is 9.62 Å². The third kappa shape index (κ3) is 5.08. The summed E-state index contributed by atoms with van der Waals surface area (Å²) >= 11 is 0. The Labute approximate surface area is 160 Å². The molecule has 1 aromatic carbocycles. The topological polar surface area (TPSA) is 98.8 Å². The minimum Gasteiger partial charge on any atom is -0.735 e. The summed E-state index contributed by atoms with van der Waals surface area (Å²) in [6.45, 7) is 0.207. The van der Waals surface area contributed by atoms with Crippen LogP contribution in [0.15, 0.2) is 30.3 Å². The quantitative estimate of drug-likeness (QED) is 0.484. The largest absolute Gasteiger partial charge is 1.00 e. The molecular formula is C11H13KN2O5S. The van der Waals surface area contributed by atoms with Crippen LogP contribution in [-0.2, 0) is 21.6 Å². The molecule has 0 saturated carbocycles. The van der Waals surface area contributed by atoms with Crippen LogP contribution in [0.2, 0.25) is 0 Å². The number of carbonyl (C=O) groups is 1. The van der Waals surface area contributed by atoms with Crippen LogP contribution in [0.3, 0.4) is 0 Å². The van der Waals surface area contributed by atoms with E-state index in [1.807, 2.05) is 18.2 Å². The first-order chi connectivity index (χ1) is 8.97.